The maximum Gasteiger partial charge on any atom is 0.267 e. The molecule has 0 bridgehead atoms. The van der Waals surface area contributed by atoms with Crippen LogP contribution in [0.4, 0.5) is 0 Å². The molecule has 3 aromatic rings. The first-order chi connectivity index (χ1) is 11.2. The van der Waals surface area contributed by atoms with Crippen LogP contribution in [-0.4, -0.2) is 20.8 Å². The van der Waals surface area contributed by atoms with E-state index in [1.807, 2.05) is 43.3 Å². The van der Waals surface area contributed by atoms with Crippen LogP contribution in [0.5, 0.6) is 0 Å². The minimum Gasteiger partial charge on any atom is -0.411 e. The first kappa shape index (κ1) is 15.3. The highest BCUT2D eigenvalue weighted by atomic mass is 32.2. The van der Waals surface area contributed by atoms with Crippen molar-refractivity contribution in [2.45, 2.75) is 17.7 Å². The van der Waals surface area contributed by atoms with Crippen LogP contribution in [0.1, 0.15) is 16.7 Å². The zero-order chi connectivity index (χ0) is 16.2. The molecule has 0 spiro atoms. The quantitative estimate of drug-likeness (QED) is 0.263. The number of hydrogen-bond donors (Lipinski definition) is 1. The summed E-state index contributed by atoms with van der Waals surface area (Å²) < 4.78 is 1.47. The van der Waals surface area contributed by atoms with Gasteiger partial charge in [-0.15, -0.1) is 11.8 Å². The van der Waals surface area contributed by atoms with Gasteiger partial charge in [-0.05, 0) is 24.1 Å². The Balaban J connectivity index is 2.09. The van der Waals surface area contributed by atoms with E-state index in [0.717, 1.165) is 17.3 Å². The lowest BCUT2D eigenvalue weighted by atomic mass is 10.2. The second kappa shape index (κ2) is 6.66. The average molecular weight is 325 g/mol. The van der Waals surface area contributed by atoms with Crippen molar-refractivity contribution in [3.8, 4) is 0 Å². The van der Waals surface area contributed by atoms with Crippen molar-refractivity contribution in [2.75, 3.05) is 0 Å². The van der Waals surface area contributed by atoms with Crippen LogP contribution in [0.3, 0.4) is 0 Å². The number of thioether (sulfide) groups is 1. The van der Waals surface area contributed by atoms with Gasteiger partial charge in [-0.3, -0.25) is 9.20 Å². The van der Waals surface area contributed by atoms with E-state index < -0.39 is 0 Å². The second-order valence-corrected chi connectivity index (χ2v) is 6.00. The SMILES string of the molecule is Cc1cccn2c(=O)c(/C=N/O)c(SCc3ccccc3)nc12. The van der Waals surface area contributed by atoms with Gasteiger partial charge in [-0.2, -0.15) is 0 Å². The standard InChI is InChI=1S/C17H15N3O2S/c1-12-6-5-9-20-15(12)19-16(14(10-18-22)17(20)21)23-11-13-7-3-2-4-8-13/h2-10,22H,11H2,1H3/b18-10+. The summed E-state index contributed by atoms with van der Waals surface area (Å²) in [6.07, 6.45) is 2.81. The molecule has 0 amide bonds. The van der Waals surface area contributed by atoms with E-state index in [1.54, 1.807) is 12.3 Å². The largest absolute Gasteiger partial charge is 0.411 e. The molecule has 23 heavy (non-hydrogen) atoms. The van der Waals surface area contributed by atoms with Gasteiger partial charge in [0.05, 0.1) is 11.8 Å². The molecule has 0 radical (unpaired) electrons. The Morgan fingerprint density at radius 3 is 2.78 bits per heavy atom. The highest BCUT2D eigenvalue weighted by molar-refractivity contribution is 7.98. The van der Waals surface area contributed by atoms with Crippen molar-refractivity contribution in [1.29, 1.82) is 0 Å². The van der Waals surface area contributed by atoms with E-state index >= 15 is 0 Å². The summed E-state index contributed by atoms with van der Waals surface area (Å²) in [6, 6.07) is 13.6. The average Bonchev–Trinajstić information content (AvgIpc) is 2.58. The molecule has 0 aliphatic rings. The van der Waals surface area contributed by atoms with Gasteiger partial charge in [0.1, 0.15) is 10.7 Å². The third-order valence-corrected chi connectivity index (χ3v) is 4.52. The molecular formula is C17H15N3O2S. The third kappa shape index (κ3) is 3.12. The van der Waals surface area contributed by atoms with Crippen LogP contribution >= 0.6 is 11.8 Å². The van der Waals surface area contributed by atoms with Crippen LogP contribution in [0, 0.1) is 6.92 Å². The second-order valence-electron chi connectivity index (χ2n) is 5.04. The van der Waals surface area contributed by atoms with Crippen LogP contribution < -0.4 is 5.56 Å². The predicted molar refractivity (Wildman–Crippen MR) is 91.6 cm³/mol. The van der Waals surface area contributed by atoms with E-state index in [1.165, 1.54) is 16.2 Å². The monoisotopic (exact) mass is 325 g/mol. The highest BCUT2D eigenvalue weighted by Crippen LogP contribution is 2.23. The molecule has 2 aromatic heterocycles. The van der Waals surface area contributed by atoms with E-state index in [9.17, 15) is 4.79 Å². The highest BCUT2D eigenvalue weighted by Gasteiger charge is 2.13. The lowest BCUT2D eigenvalue weighted by Gasteiger charge is -2.09. The van der Waals surface area contributed by atoms with Gasteiger partial charge < -0.3 is 5.21 Å². The molecule has 0 saturated carbocycles. The summed E-state index contributed by atoms with van der Waals surface area (Å²) in [5.41, 5.74) is 2.71. The van der Waals surface area contributed by atoms with Crippen LogP contribution in [0.25, 0.3) is 5.65 Å². The first-order valence-corrected chi connectivity index (χ1v) is 8.05. The number of rotatable bonds is 4. The fourth-order valence-corrected chi connectivity index (χ4v) is 3.24. The van der Waals surface area contributed by atoms with E-state index in [4.69, 9.17) is 5.21 Å². The van der Waals surface area contributed by atoms with E-state index in [0.29, 0.717) is 16.4 Å². The van der Waals surface area contributed by atoms with Gasteiger partial charge >= 0.3 is 0 Å². The molecule has 6 heteroatoms. The van der Waals surface area contributed by atoms with Gasteiger partial charge in [0.15, 0.2) is 0 Å². The summed E-state index contributed by atoms with van der Waals surface area (Å²) in [5.74, 6) is 0.682. The Morgan fingerprint density at radius 1 is 1.26 bits per heavy atom. The Bertz CT molecular complexity index is 920. The normalized spacial score (nSPS) is 11.3. The molecule has 3 rings (SSSR count). The number of benzene rings is 1. The van der Waals surface area contributed by atoms with Crippen molar-refractivity contribution in [3.05, 3.63) is 75.7 Å². The Morgan fingerprint density at radius 2 is 2.04 bits per heavy atom. The number of aromatic nitrogens is 2. The number of aryl methyl sites for hydroxylation is 1. The molecule has 2 heterocycles. The van der Waals surface area contributed by atoms with Gasteiger partial charge in [0, 0.05) is 11.9 Å². The summed E-state index contributed by atoms with van der Waals surface area (Å²) in [4.78, 5) is 17.2. The minimum atomic E-state index is -0.243. The van der Waals surface area contributed by atoms with Gasteiger partial charge in [0.25, 0.3) is 5.56 Å². The molecule has 1 N–H and O–H groups in total. The number of fused-ring (bicyclic) bond motifs is 1. The lowest BCUT2D eigenvalue weighted by molar-refractivity contribution is 0.321. The Hall–Kier alpha value is -2.60. The van der Waals surface area contributed by atoms with Gasteiger partial charge in [-0.25, -0.2) is 4.98 Å². The molecule has 1 aromatic carbocycles. The van der Waals surface area contributed by atoms with Crippen molar-refractivity contribution < 1.29 is 5.21 Å². The summed E-state index contributed by atoms with van der Waals surface area (Å²) in [6.45, 7) is 1.91. The third-order valence-electron chi connectivity index (χ3n) is 3.45. The fraction of sp³-hybridized carbons (Fsp3) is 0.118. The predicted octanol–water partition coefficient (Wildman–Crippen LogP) is 3.10. The lowest BCUT2D eigenvalue weighted by Crippen LogP contribution is -2.21. The van der Waals surface area contributed by atoms with Crippen LogP contribution in [0.2, 0.25) is 0 Å². The molecule has 5 nitrogen and oxygen atoms in total. The van der Waals surface area contributed by atoms with Crippen molar-refractivity contribution in [2.24, 2.45) is 5.16 Å². The molecule has 0 unspecified atom stereocenters. The van der Waals surface area contributed by atoms with Crippen molar-refractivity contribution >= 4 is 23.6 Å². The maximum atomic E-state index is 12.6. The van der Waals surface area contributed by atoms with Crippen LogP contribution in [-0.2, 0) is 5.75 Å². The van der Waals surface area contributed by atoms with Crippen molar-refractivity contribution in [1.82, 2.24) is 9.38 Å². The molecular weight excluding hydrogens is 310 g/mol. The zero-order valence-corrected chi connectivity index (χ0v) is 13.3. The molecule has 0 atom stereocenters. The molecule has 0 saturated heterocycles. The number of pyridine rings is 1. The minimum absolute atomic E-state index is 0.243. The fourth-order valence-electron chi connectivity index (χ4n) is 2.30. The first-order valence-electron chi connectivity index (χ1n) is 7.07. The summed E-state index contributed by atoms with van der Waals surface area (Å²) in [5, 5.41) is 12.4. The number of hydrogen-bond acceptors (Lipinski definition) is 5. The number of nitrogens with zero attached hydrogens (tertiary/aromatic N) is 3. The topological polar surface area (TPSA) is 67.0 Å². The molecule has 0 aliphatic carbocycles. The smallest absolute Gasteiger partial charge is 0.267 e. The maximum absolute atomic E-state index is 12.6. The van der Waals surface area contributed by atoms with E-state index in [-0.39, 0.29) is 11.1 Å². The number of oxime groups is 1. The Labute approximate surface area is 137 Å². The molecule has 0 aliphatic heterocycles. The van der Waals surface area contributed by atoms with Crippen molar-refractivity contribution in [3.63, 3.8) is 0 Å². The molecule has 0 fully saturated rings. The summed E-state index contributed by atoms with van der Waals surface area (Å²) in [7, 11) is 0. The van der Waals surface area contributed by atoms with Crippen LogP contribution in [0.15, 0.2) is 63.6 Å². The Kier molecular flexibility index (Phi) is 4.43. The van der Waals surface area contributed by atoms with E-state index in [2.05, 4.69) is 10.1 Å². The zero-order valence-electron chi connectivity index (χ0n) is 12.5. The van der Waals surface area contributed by atoms with Gasteiger partial charge in [0.2, 0.25) is 0 Å². The molecule has 116 valence electrons. The summed E-state index contributed by atoms with van der Waals surface area (Å²) >= 11 is 1.45. The van der Waals surface area contributed by atoms with Gasteiger partial charge in [-0.1, -0.05) is 41.6 Å².